The highest BCUT2D eigenvalue weighted by Gasteiger charge is 2.36. The van der Waals surface area contributed by atoms with Crippen LogP contribution in [0.4, 0.5) is 0 Å². The minimum Gasteiger partial charge on any atom is -0.375 e. The maximum Gasteiger partial charge on any atom is 0.332 e. The lowest BCUT2D eigenvalue weighted by Crippen LogP contribution is -2.53. The number of hydrogen-bond donors (Lipinski definition) is 0. The molecule has 0 bridgehead atoms. The third-order valence-corrected chi connectivity index (χ3v) is 8.46. The van der Waals surface area contributed by atoms with Crippen molar-refractivity contribution in [3.63, 3.8) is 0 Å². The van der Waals surface area contributed by atoms with Crippen LogP contribution in [0.15, 0.2) is 134 Å². The van der Waals surface area contributed by atoms with Gasteiger partial charge in [-0.2, -0.15) is 0 Å². The fraction of sp³-hybridized carbons (Fsp3) is 0. The molecule has 4 heteroatoms. The van der Waals surface area contributed by atoms with Gasteiger partial charge in [-0.15, -0.1) is 0 Å². The number of para-hydroxylation sites is 4. The second-order valence-electron chi connectivity index (χ2n) is 10.4. The van der Waals surface area contributed by atoms with Crippen LogP contribution < -0.4 is 10.9 Å². The Kier molecular flexibility index (Phi) is 4.14. The first-order valence-corrected chi connectivity index (χ1v) is 13.4. The third kappa shape index (κ3) is 2.70. The Labute approximate surface area is 225 Å². The van der Waals surface area contributed by atoms with E-state index < -0.39 is 0 Å². The summed E-state index contributed by atoms with van der Waals surface area (Å²) in [6, 6.07) is 44.2. The largest absolute Gasteiger partial charge is 0.375 e. The molecule has 3 aromatic heterocycles. The number of benzene rings is 5. The summed E-state index contributed by atoms with van der Waals surface area (Å²) in [5, 5.41) is 5.01. The highest BCUT2D eigenvalue weighted by atomic mass is 15.0. The predicted octanol–water partition coefficient (Wildman–Crippen LogP) is 6.92. The molecule has 5 aromatic carbocycles. The Morgan fingerprint density at radius 2 is 1.23 bits per heavy atom. The normalized spacial score (nSPS) is 12.6. The lowest BCUT2D eigenvalue weighted by Gasteiger charge is -2.28. The molecular formula is C35H22BN3. The van der Waals surface area contributed by atoms with Gasteiger partial charge in [0.25, 0.3) is 0 Å². The highest BCUT2D eigenvalue weighted by Crippen LogP contribution is 2.38. The minimum atomic E-state index is 0.0157. The quantitative estimate of drug-likeness (QED) is 0.239. The van der Waals surface area contributed by atoms with Gasteiger partial charge in [0.2, 0.25) is 0 Å². The summed E-state index contributed by atoms with van der Waals surface area (Å²) < 4.78 is 5.04. The van der Waals surface area contributed by atoms with Crippen LogP contribution in [-0.2, 0) is 0 Å². The molecule has 0 radical (unpaired) electrons. The van der Waals surface area contributed by atoms with Crippen LogP contribution in [0.25, 0.3) is 60.4 Å². The molecule has 1 aliphatic rings. The zero-order chi connectivity index (χ0) is 25.5. The van der Waals surface area contributed by atoms with Crippen molar-refractivity contribution in [1.82, 2.24) is 14.0 Å². The number of pyridine rings is 1. The van der Waals surface area contributed by atoms with Gasteiger partial charge in [-0.3, -0.25) is 4.98 Å². The Morgan fingerprint density at radius 3 is 2.15 bits per heavy atom. The maximum absolute atomic E-state index is 4.49. The summed E-state index contributed by atoms with van der Waals surface area (Å²) >= 11 is 0. The molecule has 39 heavy (non-hydrogen) atoms. The molecule has 0 fully saturated rings. The molecule has 0 spiro atoms. The van der Waals surface area contributed by atoms with E-state index in [4.69, 9.17) is 0 Å². The van der Waals surface area contributed by atoms with Gasteiger partial charge in [-0.05, 0) is 34.7 Å². The fourth-order valence-electron chi connectivity index (χ4n) is 6.95. The summed E-state index contributed by atoms with van der Waals surface area (Å²) in [4.78, 5) is 4.49. The van der Waals surface area contributed by atoms with Crippen LogP contribution in [0.1, 0.15) is 0 Å². The molecule has 0 unspecified atom stereocenters. The molecule has 0 amide bonds. The second-order valence-corrected chi connectivity index (χ2v) is 10.4. The summed E-state index contributed by atoms with van der Waals surface area (Å²) in [7, 11) is 0. The summed E-state index contributed by atoms with van der Waals surface area (Å²) in [5.74, 6) is 0. The third-order valence-electron chi connectivity index (χ3n) is 8.46. The lowest BCUT2D eigenvalue weighted by atomic mass is 9.48. The molecule has 9 rings (SSSR count). The molecule has 0 N–H and O–H groups in total. The first-order valence-electron chi connectivity index (χ1n) is 13.4. The van der Waals surface area contributed by atoms with Crippen molar-refractivity contribution in [3.8, 4) is 16.8 Å². The van der Waals surface area contributed by atoms with Crippen LogP contribution in [-0.4, -0.2) is 20.9 Å². The average Bonchev–Trinajstić information content (AvgIpc) is 3.52. The Morgan fingerprint density at radius 1 is 0.513 bits per heavy atom. The van der Waals surface area contributed by atoms with Crippen molar-refractivity contribution in [2.45, 2.75) is 0 Å². The van der Waals surface area contributed by atoms with Crippen molar-refractivity contribution in [3.05, 3.63) is 134 Å². The van der Waals surface area contributed by atoms with Gasteiger partial charge >= 0.3 is 6.85 Å². The molecule has 8 aromatic rings. The van der Waals surface area contributed by atoms with Crippen LogP contribution >= 0.6 is 0 Å². The van der Waals surface area contributed by atoms with Gasteiger partial charge in [0.05, 0.1) is 11.0 Å². The number of hydrogen-bond acceptors (Lipinski definition) is 1. The fourth-order valence-corrected chi connectivity index (χ4v) is 6.95. The van der Waals surface area contributed by atoms with E-state index in [1.54, 1.807) is 0 Å². The number of rotatable bonds is 2. The Hall–Kier alpha value is -5.09. The highest BCUT2D eigenvalue weighted by molar-refractivity contribution is 6.88. The van der Waals surface area contributed by atoms with Gasteiger partial charge in [-0.1, -0.05) is 103 Å². The zero-order valence-electron chi connectivity index (χ0n) is 21.1. The van der Waals surface area contributed by atoms with E-state index in [0.717, 1.165) is 0 Å². The number of nitrogens with zero attached hydrogens (tertiary/aromatic N) is 3. The lowest BCUT2D eigenvalue weighted by molar-refractivity contribution is 1.17. The monoisotopic (exact) mass is 495 g/mol. The van der Waals surface area contributed by atoms with E-state index in [1.807, 2.05) is 12.4 Å². The van der Waals surface area contributed by atoms with Crippen molar-refractivity contribution < 1.29 is 0 Å². The van der Waals surface area contributed by atoms with E-state index in [1.165, 1.54) is 71.4 Å². The molecule has 0 atom stereocenters. The van der Waals surface area contributed by atoms with Crippen molar-refractivity contribution in [2.24, 2.45) is 0 Å². The van der Waals surface area contributed by atoms with E-state index in [0.29, 0.717) is 0 Å². The molecular weight excluding hydrogens is 473 g/mol. The summed E-state index contributed by atoms with van der Waals surface area (Å²) in [5.41, 5.74) is 11.3. The van der Waals surface area contributed by atoms with Crippen LogP contribution in [0.3, 0.4) is 0 Å². The maximum atomic E-state index is 4.49. The minimum absolute atomic E-state index is 0.0157. The van der Waals surface area contributed by atoms with Gasteiger partial charge in [0, 0.05) is 56.2 Å². The van der Waals surface area contributed by atoms with E-state index in [9.17, 15) is 0 Å². The van der Waals surface area contributed by atoms with Gasteiger partial charge in [0.15, 0.2) is 0 Å². The van der Waals surface area contributed by atoms with Gasteiger partial charge in [-0.25, -0.2) is 0 Å². The number of aromatic nitrogens is 3. The van der Waals surface area contributed by atoms with Crippen LogP contribution in [0, 0.1) is 0 Å². The van der Waals surface area contributed by atoms with E-state index in [-0.39, 0.29) is 6.85 Å². The molecule has 0 saturated heterocycles. The van der Waals surface area contributed by atoms with E-state index in [2.05, 4.69) is 135 Å². The van der Waals surface area contributed by atoms with Crippen LogP contribution in [0.5, 0.6) is 0 Å². The van der Waals surface area contributed by atoms with Gasteiger partial charge < -0.3 is 9.05 Å². The molecule has 4 heterocycles. The molecule has 3 nitrogen and oxygen atoms in total. The topological polar surface area (TPSA) is 22.8 Å². The number of fused-ring (bicyclic) bond motifs is 8. The predicted molar refractivity (Wildman–Crippen MR) is 164 cm³/mol. The van der Waals surface area contributed by atoms with E-state index >= 15 is 0 Å². The molecule has 0 aliphatic carbocycles. The second kappa shape index (κ2) is 7.72. The van der Waals surface area contributed by atoms with Gasteiger partial charge in [0.1, 0.15) is 0 Å². The van der Waals surface area contributed by atoms with Crippen molar-refractivity contribution in [2.75, 3.05) is 0 Å². The van der Waals surface area contributed by atoms with Crippen molar-refractivity contribution >= 4 is 61.4 Å². The first kappa shape index (κ1) is 20.9. The average molecular weight is 495 g/mol. The SMILES string of the molecule is c1ccc(-c2cccc3c4ccccc4n(B4c5ccccc5-n5c6ccncc6c6cccc4c65)c23)cc1. The molecule has 0 saturated carbocycles. The zero-order valence-corrected chi connectivity index (χ0v) is 21.1. The molecule has 180 valence electrons. The molecule has 1 aliphatic heterocycles. The first-order chi connectivity index (χ1) is 19.4. The standard InChI is InChI=1S/C35H22BN3/c1-2-10-23(11-3-1)24-13-8-14-26-25-12-4-6-18-32(25)39(34(24)26)36-29-16-5-7-19-33(29)38-31-20-21-37-22-28(31)27-15-9-17-30(36)35(27)38/h1-22H. The summed E-state index contributed by atoms with van der Waals surface area (Å²) in [6.07, 6.45) is 3.91. The van der Waals surface area contributed by atoms with Crippen LogP contribution in [0.2, 0.25) is 0 Å². The van der Waals surface area contributed by atoms with Crippen molar-refractivity contribution in [1.29, 1.82) is 0 Å². The Bertz CT molecular complexity index is 2240. The Balaban J connectivity index is 1.50. The summed E-state index contributed by atoms with van der Waals surface area (Å²) in [6.45, 7) is 0.0157. The smallest absolute Gasteiger partial charge is 0.332 e.